The number of nitrogens with one attached hydrogen (secondary N) is 3. The number of halogens is 1. The molecule has 2 amide bonds. The van der Waals surface area contributed by atoms with Crippen molar-refractivity contribution in [3.05, 3.63) is 107 Å². The predicted octanol–water partition coefficient (Wildman–Crippen LogP) is 6.55. The molecule has 3 aliphatic carbocycles. The molecule has 0 aliphatic heterocycles. The van der Waals surface area contributed by atoms with Crippen LogP contribution in [0.1, 0.15) is 45.5 Å². The first-order chi connectivity index (χ1) is 20.9. The van der Waals surface area contributed by atoms with Crippen LogP contribution in [-0.4, -0.2) is 29.4 Å². The molecule has 3 unspecified atom stereocenters. The zero-order valence-electron chi connectivity index (χ0n) is 23.5. The van der Waals surface area contributed by atoms with Crippen molar-refractivity contribution >= 4 is 28.7 Å². The van der Waals surface area contributed by atoms with Gasteiger partial charge >= 0.3 is 0 Å². The maximum atomic E-state index is 13.7. The summed E-state index contributed by atoms with van der Waals surface area (Å²) in [6.45, 7) is 0.506. The number of anilines is 1. The lowest BCUT2D eigenvalue weighted by Crippen LogP contribution is -2.43. The van der Waals surface area contributed by atoms with Gasteiger partial charge in [-0.25, -0.2) is 4.39 Å². The van der Waals surface area contributed by atoms with Crippen molar-refractivity contribution in [2.24, 2.45) is 11.3 Å². The lowest BCUT2D eigenvalue weighted by molar-refractivity contribution is 0.0904. The van der Waals surface area contributed by atoms with E-state index < -0.39 is 0 Å². The Balaban J connectivity index is 1.23. The molecule has 0 bridgehead atoms. The molecule has 8 heteroatoms. The van der Waals surface area contributed by atoms with Crippen LogP contribution in [-0.2, 0) is 6.54 Å². The topological polar surface area (TPSA) is 96.3 Å². The normalized spacial score (nSPS) is 22.6. The Kier molecular flexibility index (Phi) is 5.54. The van der Waals surface area contributed by atoms with Crippen LogP contribution < -0.4 is 16.0 Å². The Bertz CT molecular complexity index is 1930. The van der Waals surface area contributed by atoms with Gasteiger partial charge in [-0.1, -0.05) is 42.5 Å². The first-order valence-electron chi connectivity index (χ1n) is 14.6. The summed E-state index contributed by atoms with van der Waals surface area (Å²) in [7, 11) is 1.55. The van der Waals surface area contributed by atoms with Crippen LogP contribution in [0.15, 0.2) is 89.3 Å². The maximum Gasteiger partial charge on any atom is 0.255 e. The minimum absolute atomic E-state index is 0.00355. The summed E-state index contributed by atoms with van der Waals surface area (Å²) >= 11 is 0. The van der Waals surface area contributed by atoms with E-state index in [1.807, 2.05) is 60.7 Å². The molecule has 214 valence electrons. The average Bonchev–Trinajstić information content (AvgIpc) is 3.70. The number of amides is 2. The summed E-state index contributed by atoms with van der Waals surface area (Å²) < 4.78 is 19.9. The number of aromatic nitrogens is 1. The molecule has 7 nitrogen and oxygen atoms in total. The van der Waals surface area contributed by atoms with Gasteiger partial charge < -0.3 is 20.4 Å². The van der Waals surface area contributed by atoms with E-state index in [1.165, 1.54) is 18.6 Å². The average molecular weight is 573 g/mol. The summed E-state index contributed by atoms with van der Waals surface area (Å²) in [5, 5.41) is 9.98. The van der Waals surface area contributed by atoms with Crippen molar-refractivity contribution in [2.45, 2.75) is 31.3 Å². The van der Waals surface area contributed by atoms with Crippen LogP contribution >= 0.6 is 0 Å². The number of rotatable bonds is 8. The van der Waals surface area contributed by atoms with Crippen LogP contribution in [0, 0.1) is 17.2 Å². The van der Waals surface area contributed by atoms with E-state index in [-0.39, 0.29) is 28.9 Å². The van der Waals surface area contributed by atoms with E-state index in [1.54, 1.807) is 19.2 Å². The van der Waals surface area contributed by atoms with Gasteiger partial charge in [0.15, 0.2) is 0 Å². The molecule has 3 aliphatic rings. The molecule has 5 aromatic rings. The maximum absolute atomic E-state index is 13.7. The molecule has 2 heterocycles. The molecule has 3 fully saturated rings. The second-order valence-corrected chi connectivity index (χ2v) is 12.0. The van der Waals surface area contributed by atoms with Crippen molar-refractivity contribution in [2.75, 3.05) is 12.4 Å². The molecular formula is C35H29FN4O3. The lowest BCUT2D eigenvalue weighted by atomic mass is 9.92. The third-order valence-electron chi connectivity index (χ3n) is 9.61. The number of benzene rings is 3. The molecule has 3 N–H and O–H groups in total. The number of nitrogens with zero attached hydrogens (tertiary/aromatic N) is 1. The van der Waals surface area contributed by atoms with Crippen molar-refractivity contribution in [1.29, 1.82) is 0 Å². The number of carbonyl (C=O) groups is 2. The summed E-state index contributed by atoms with van der Waals surface area (Å²) in [6.07, 6.45) is 3.43. The predicted molar refractivity (Wildman–Crippen MR) is 162 cm³/mol. The van der Waals surface area contributed by atoms with Crippen LogP contribution in [0.25, 0.3) is 33.6 Å². The van der Waals surface area contributed by atoms with Crippen molar-refractivity contribution in [3.63, 3.8) is 0 Å². The van der Waals surface area contributed by atoms with Crippen LogP contribution in [0.4, 0.5) is 10.2 Å². The number of hydrogen-bond acceptors (Lipinski definition) is 5. The molecule has 1 spiro atoms. The van der Waals surface area contributed by atoms with Gasteiger partial charge in [0.2, 0.25) is 5.71 Å². The standard InChI is InChI=1S/C35H29FN4O3/c1-37-32(42)28-27-15-26(22-8-5-9-23(14-22)31(41)40-35-17-24-16-34(24,35)19-35)30(38-18-20-6-3-2-4-7-20)39-33(27)43-29(28)21-10-12-25(36)13-11-21/h2-15,24H,16-19H2,1H3,(H,37,42)(H,38,39)(H,40,41). The number of furan rings is 1. The van der Waals surface area contributed by atoms with E-state index in [4.69, 9.17) is 9.40 Å². The van der Waals surface area contributed by atoms with Gasteiger partial charge in [-0.2, -0.15) is 4.98 Å². The Morgan fingerprint density at radius 1 is 0.953 bits per heavy atom. The quantitative estimate of drug-likeness (QED) is 0.196. The summed E-state index contributed by atoms with van der Waals surface area (Å²) in [6, 6.07) is 25.2. The molecule has 2 aromatic heterocycles. The third kappa shape index (κ3) is 4.04. The molecule has 8 rings (SSSR count). The van der Waals surface area contributed by atoms with Crippen LogP contribution in [0.2, 0.25) is 0 Å². The SMILES string of the molecule is CNC(=O)c1c(-c2ccc(F)cc2)oc2nc(NCc3ccccc3)c(-c3cccc(C(=O)NC45CC6CC64C5)c3)cc12. The van der Waals surface area contributed by atoms with E-state index in [2.05, 4.69) is 16.0 Å². The first kappa shape index (κ1) is 25.7. The van der Waals surface area contributed by atoms with Gasteiger partial charge in [-0.05, 0) is 84.2 Å². The number of pyridine rings is 1. The fraction of sp³-hybridized carbons (Fsp3) is 0.229. The molecule has 0 saturated heterocycles. The van der Waals surface area contributed by atoms with Crippen molar-refractivity contribution in [1.82, 2.24) is 15.6 Å². The fourth-order valence-corrected chi connectivity index (χ4v) is 7.16. The Morgan fingerprint density at radius 2 is 1.77 bits per heavy atom. The smallest absolute Gasteiger partial charge is 0.255 e. The second kappa shape index (κ2) is 9.26. The zero-order valence-corrected chi connectivity index (χ0v) is 23.5. The van der Waals surface area contributed by atoms with Crippen LogP contribution in [0.5, 0.6) is 0 Å². The fourth-order valence-electron chi connectivity index (χ4n) is 7.16. The van der Waals surface area contributed by atoms with Gasteiger partial charge in [-0.3, -0.25) is 9.59 Å². The van der Waals surface area contributed by atoms with E-state index in [0.29, 0.717) is 45.6 Å². The van der Waals surface area contributed by atoms with Gasteiger partial charge in [0.25, 0.3) is 11.8 Å². The largest absolute Gasteiger partial charge is 0.437 e. The number of fused-ring (bicyclic) bond motifs is 1. The molecule has 3 atom stereocenters. The molecule has 43 heavy (non-hydrogen) atoms. The minimum Gasteiger partial charge on any atom is -0.437 e. The van der Waals surface area contributed by atoms with Gasteiger partial charge in [0.1, 0.15) is 17.4 Å². The van der Waals surface area contributed by atoms with Gasteiger partial charge in [-0.15, -0.1) is 0 Å². The van der Waals surface area contributed by atoms with Gasteiger partial charge in [0.05, 0.1) is 10.9 Å². The second-order valence-electron chi connectivity index (χ2n) is 12.0. The molecular weight excluding hydrogens is 543 g/mol. The number of hydrogen-bond donors (Lipinski definition) is 3. The molecule has 3 saturated carbocycles. The van der Waals surface area contributed by atoms with E-state index >= 15 is 0 Å². The highest BCUT2D eigenvalue weighted by Gasteiger charge is 2.89. The molecule has 3 aromatic carbocycles. The molecule has 0 radical (unpaired) electrons. The van der Waals surface area contributed by atoms with Crippen LogP contribution in [0.3, 0.4) is 0 Å². The Morgan fingerprint density at radius 3 is 2.47 bits per heavy atom. The van der Waals surface area contributed by atoms with Crippen molar-refractivity contribution in [3.8, 4) is 22.5 Å². The highest BCUT2D eigenvalue weighted by atomic mass is 19.1. The minimum atomic E-state index is -0.385. The summed E-state index contributed by atoms with van der Waals surface area (Å²) in [5.74, 6) is 0.863. The summed E-state index contributed by atoms with van der Waals surface area (Å²) in [5.41, 5.74) is 4.69. The monoisotopic (exact) mass is 572 g/mol. The van der Waals surface area contributed by atoms with Crippen molar-refractivity contribution < 1.29 is 18.4 Å². The lowest BCUT2D eigenvalue weighted by Gasteiger charge is -2.26. The highest BCUT2D eigenvalue weighted by molar-refractivity contribution is 6.11. The Labute approximate surface area is 247 Å². The first-order valence-corrected chi connectivity index (χ1v) is 14.6. The summed E-state index contributed by atoms with van der Waals surface area (Å²) in [4.78, 5) is 31.4. The zero-order chi connectivity index (χ0) is 29.3. The Hall–Kier alpha value is -4.98. The number of carbonyl (C=O) groups excluding carboxylic acids is 2. The highest BCUT2D eigenvalue weighted by Crippen LogP contribution is 2.89. The third-order valence-corrected chi connectivity index (χ3v) is 9.61. The van der Waals surface area contributed by atoms with E-state index in [0.717, 1.165) is 35.4 Å². The van der Waals surface area contributed by atoms with Gasteiger partial charge in [0, 0.05) is 35.8 Å². The van der Waals surface area contributed by atoms with E-state index in [9.17, 15) is 14.0 Å².